The molecule has 0 rings (SSSR count). The summed E-state index contributed by atoms with van der Waals surface area (Å²) in [5.41, 5.74) is 0. The van der Waals surface area contributed by atoms with E-state index in [4.69, 9.17) is 29.7 Å². The molecule has 6 nitrogen and oxygen atoms in total. The first-order valence-corrected chi connectivity index (χ1v) is 3.32. The van der Waals surface area contributed by atoms with Crippen molar-refractivity contribution in [2.24, 2.45) is 0 Å². The quantitative estimate of drug-likeness (QED) is 0.485. The second kappa shape index (κ2) is 19.7. The van der Waals surface area contributed by atoms with E-state index in [1.165, 1.54) is 0 Å². The molecule has 0 radical (unpaired) electrons. The molecule has 0 atom stereocenters. The number of rotatable bonds is 3. The van der Waals surface area contributed by atoms with Crippen LogP contribution >= 0.6 is 0 Å². The van der Waals surface area contributed by atoms with Crippen LogP contribution in [-0.2, 0) is 14.4 Å². The Balaban J connectivity index is -0.0000000655. The Bertz CT molecular complexity index is 216. The Kier molecular flexibility index (Phi) is 30.2. The van der Waals surface area contributed by atoms with Crippen LogP contribution in [0.4, 0.5) is 0 Å². The fraction of sp³-hybridized carbons (Fsp3) is 0. The standard InChI is InChI=1S/3C3H4O2.Eu/c3*1-2-3(4)5;/h3*2H,1H2,(H,4,5);/q;;;+3/p-3. The summed E-state index contributed by atoms with van der Waals surface area (Å²) in [6.45, 7) is 8.69. The maximum atomic E-state index is 9.14. The van der Waals surface area contributed by atoms with Gasteiger partial charge in [-0.25, -0.2) is 0 Å². The molecule has 16 heavy (non-hydrogen) atoms. The number of aliphatic carboxylic acids is 3. The van der Waals surface area contributed by atoms with Crippen molar-refractivity contribution in [3.63, 3.8) is 0 Å². The topological polar surface area (TPSA) is 120 Å². The first kappa shape index (κ1) is 24.4. The summed E-state index contributed by atoms with van der Waals surface area (Å²) in [5.74, 6) is -3.69. The van der Waals surface area contributed by atoms with E-state index in [1.54, 1.807) is 0 Å². The van der Waals surface area contributed by atoms with E-state index in [-0.39, 0.29) is 49.4 Å². The van der Waals surface area contributed by atoms with E-state index in [0.29, 0.717) is 0 Å². The third kappa shape index (κ3) is 72.5. The van der Waals surface area contributed by atoms with Gasteiger partial charge in [-0.15, -0.1) is 0 Å². The SMILES string of the molecule is C=CC(=O)[O-].C=CC(=O)[O-].C=CC(=O)[O-].[Eu+3]. The van der Waals surface area contributed by atoms with E-state index in [0.717, 1.165) is 18.2 Å². The molecule has 0 fully saturated rings. The van der Waals surface area contributed by atoms with Gasteiger partial charge < -0.3 is 29.7 Å². The van der Waals surface area contributed by atoms with Crippen molar-refractivity contribution in [1.82, 2.24) is 0 Å². The zero-order chi connectivity index (χ0) is 12.9. The van der Waals surface area contributed by atoms with Crippen molar-refractivity contribution < 1.29 is 79.1 Å². The summed E-state index contributed by atoms with van der Waals surface area (Å²) in [6.07, 6.45) is 2.17. The molecule has 0 bridgehead atoms. The smallest absolute Gasteiger partial charge is 0.545 e. The zero-order valence-corrected chi connectivity index (χ0v) is 10.6. The van der Waals surface area contributed by atoms with E-state index in [1.807, 2.05) is 0 Å². The molecule has 0 aliphatic carbocycles. The van der Waals surface area contributed by atoms with Crippen LogP contribution in [0.2, 0.25) is 0 Å². The Morgan fingerprint density at radius 3 is 0.750 bits per heavy atom. The number of hydrogen-bond acceptors (Lipinski definition) is 6. The van der Waals surface area contributed by atoms with Crippen LogP contribution in [-0.4, -0.2) is 17.9 Å². The van der Waals surface area contributed by atoms with Gasteiger partial charge >= 0.3 is 49.4 Å². The van der Waals surface area contributed by atoms with Crippen molar-refractivity contribution in [1.29, 1.82) is 0 Å². The first-order valence-electron chi connectivity index (χ1n) is 3.32. The third-order valence-electron chi connectivity index (χ3n) is 0.500. The van der Waals surface area contributed by atoms with Gasteiger partial charge in [0.25, 0.3) is 0 Å². The average molecular weight is 365 g/mol. The van der Waals surface area contributed by atoms with Gasteiger partial charge in [0.15, 0.2) is 0 Å². The largest absolute Gasteiger partial charge is 3.00 e. The number of carboxylic acids is 3. The van der Waals surface area contributed by atoms with Crippen LogP contribution in [0, 0.1) is 49.4 Å². The monoisotopic (exact) mass is 366 g/mol. The molecule has 0 spiro atoms. The maximum absolute atomic E-state index is 9.14. The normalized spacial score (nSPS) is 6.00. The van der Waals surface area contributed by atoms with Crippen LogP contribution in [0.15, 0.2) is 38.0 Å². The molecule has 0 saturated heterocycles. The molecular weight excluding hydrogens is 356 g/mol. The Hall–Kier alpha value is -0.786. The molecule has 0 aromatic heterocycles. The van der Waals surface area contributed by atoms with Crippen LogP contribution in [0.1, 0.15) is 0 Å². The van der Waals surface area contributed by atoms with E-state index < -0.39 is 17.9 Å². The molecule has 0 heterocycles. The van der Waals surface area contributed by atoms with Gasteiger partial charge in [-0.2, -0.15) is 0 Å². The minimum absolute atomic E-state index is 0. The minimum Gasteiger partial charge on any atom is -0.545 e. The summed E-state index contributed by atoms with van der Waals surface area (Å²) in [5, 5.41) is 27.4. The van der Waals surface area contributed by atoms with E-state index in [2.05, 4.69) is 19.7 Å². The van der Waals surface area contributed by atoms with Crippen LogP contribution in [0.3, 0.4) is 0 Å². The molecule has 0 amide bonds. The minimum atomic E-state index is -1.23. The summed E-state index contributed by atoms with van der Waals surface area (Å²) in [4.78, 5) is 27.4. The number of carboxylic acid groups (broad SMARTS) is 3. The molecule has 88 valence electrons. The summed E-state index contributed by atoms with van der Waals surface area (Å²) >= 11 is 0. The molecule has 0 N–H and O–H groups in total. The van der Waals surface area contributed by atoms with Gasteiger partial charge in [0.2, 0.25) is 0 Å². The van der Waals surface area contributed by atoms with Gasteiger partial charge in [0.1, 0.15) is 0 Å². The van der Waals surface area contributed by atoms with Gasteiger partial charge in [-0.3, -0.25) is 0 Å². The molecular formula is C9H9EuO6. The molecule has 0 aromatic carbocycles. The summed E-state index contributed by atoms with van der Waals surface area (Å²) < 4.78 is 0. The molecule has 0 unspecified atom stereocenters. The average Bonchev–Trinajstić information content (AvgIpc) is 2.19. The third-order valence-corrected chi connectivity index (χ3v) is 0.500. The Morgan fingerprint density at radius 1 is 0.688 bits per heavy atom. The van der Waals surface area contributed by atoms with Gasteiger partial charge in [-0.1, -0.05) is 19.7 Å². The fourth-order valence-electron chi connectivity index (χ4n) is 0. The van der Waals surface area contributed by atoms with Crippen molar-refractivity contribution >= 4 is 17.9 Å². The van der Waals surface area contributed by atoms with Crippen molar-refractivity contribution in [3.05, 3.63) is 38.0 Å². The Labute approximate surface area is 134 Å². The van der Waals surface area contributed by atoms with E-state index in [9.17, 15) is 0 Å². The van der Waals surface area contributed by atoms with E-state index >= 15 is 0 Å². The van der Waals surface area contributed by atoms with Crippen LogP contribution < -0.4 is 15.3 Å². The maximum Gasteiger partial charge on any atom is 3.00 e. The van der Waals surface area contributed by atoms with Gasteiger partial charge in [-0.05, 0) is 18.2 Å². The second-order valence-electron chi connectivity index (χ2n) is 1.57. The summed E-state index contributed by atoms with van der Waals surface area (Å²) in [6, 6.07) is 0. The molecule has 7 heteroatoms. The Morgan fingerprint density at radius 2 is 0.750 bits per heavy atom. The number of hydrogen-bond donors (Lipinski definition) is 0. The molecule has 0 saturated carbocycles. The molecule has 0 aromatic rings. The van der Waals surface area contributed by atoms with Crippen molar-refractivity contribution in [2.45, 2.75) is 0 Å². The van der Waals surface area contributed by atoms with Crippen LogP contribution in [0.5, 0.6) is 0 Å². The summed E-state index contributed by atoms with van der Waals surface area (Å²) in [7, 11) is 0. The molecule has 0 aliphatic heterocycles. The first-order chi connectivity index (χ1) is 6.81. The zero-order valence-electron chi connectivity index (χ0n) is 8.18. The van der Waals surface area contributed by atoms with Crippen molar-refractivity contribution in [3.8, 4) is 0 Å². The van der Waals surface area contributed by atoms with Crippen molar-refractivity contribution in [2.75, 3.05) is 0 Å². The predicted molar refractivity (Wildman–Crippen MR) is 45.6 cm³/mol. The fourth-order valence-corrected chi connectivity index (χ4v) is 0. The van der Waals surface area contributed by atoms with Gasteiger partial charge in [0, 0.05) is 0 Å². The molecule has 0 aliphatic rings. The second-order valence-corrected chi connectivity index (χ2v) is 1.57. The predicted octanol–water partition coefficient (Wildman–Crippen LogP) is -3.23. The number of carbonyl (C=O) groups excluding carboxylic acids is 3. The number of carbonyl (C=O) groups is 3. The van der Waals surface area contributed by atoms with Crippen LogP contribution in [0.25, 0.3) is 0 Å². The van der Waals surface area contributed by atoms with Gasteiger partial charge in [0.05, 0.1) is 17.9 Å².